The van der Waals surface area contributed by atoms with Gasteiger partial charge in [-0.1, -0.05) is 0 Å². The van der Waals surface area contributed by atoms with Crippen LogP contribution in [0.3, 0.4) is 0 Å². The minimum absolute atomic E-state index is 0.207. The molecule has 2 rings (SSSR count). The summed E-state index contributed by atoms with van der Waals surface area (Å²) in [4.78, 5) is 11.8. The van der Waals surface area contributed by atoms with Gasteiger partial charge in [0.2, 0.25) is 5.91 Å². The van der Waals surface area contributed by atoms with Crippen LogP contribution < -0.4 is 10.6 Å². The Bertz CT molecular complexity index is 234. The molecule has 2 N–H and O–H groups in total. The molecule has 2 aliphatic heterocycles. The first-order chi connectivity index (χ1) is 8.34. The third kappa shape index (κ3) is 4.64. The van der Waals surface area contributed by atoms with Gasteiger partial charge in [-0.2, -0.15) is 0 Å². The van der Waals surface area contributed by atoms with E-state index in [0.29, 0.717) is 18.3 Å². The van der Waals surface area contributed by atoms with Crippen molar-refractivity contribution in [2.24, 2.45) is 11.8 Å². The smallest absolute Gasteiger partial charge is 0.220 e. The summed E-state index contributed by atoms with van der Waals surface area (Å²) in [5.74, 6) is 1.32. The molecule has 2 fully saturated rings. The van der Waals surface area contributed by atoms with Crippen LogP contribution in [0.2, 0.25) is 0 Å². The Hall–Kier alpha value is -0.610. The Balaban J connectivity index is 1.59. The van der Waals surface area contributed by atoms with E-state index >= 15 is 0 Å². The first-order valence-corrected chi connectivity index (χ1v) is 6.90. The molecule has 1 amide bonds. The van der Waals surface area contributed by atoms with E-state index in [1.807, 2.05) is 0 Å². The Kier molecular flexibility index (Phi) is 5.26. The third-order valence-electron chi connectivity index (χ3n) is 3.78. The zero-order chi connectivity index (χ0) is 11.9. The van der Waals surface area contributed by atoms with Crippen molar-refractivity contribution in [2.75, 3.05) is 32.8 Å². The fraction of sp³-hybridized carbons (Fsp3) is 0.923. The second-order valence-corrected chi connectivity index (χ2v) is 5.28. The van der Waals surface area contributed by atoms with Crippen LogP contribution in [0.1, 0.15) is 32.1 Å². The summed E-state index contributed by atoms with van der Waals surface area (Å²) in [5, 5.41) is 6.42. The van der Waals surface area contributed by atoms with Crippen molar-refractivity contribution in [1.82, 2.24) is 10.6 Å². The Labute approximate surface area is 103 Å². The summed E-state index contributed by atoms with van der Waals surface area (Å²) in [6.45, 7) is 4.68. The maximum absolute atomic E-state index is 11.8. The van der Waals surface area contributed by atoms with Crippen LogP contribution in [0.5, 0.6) is 0 Å². The molecule has 2 saturated heterocycles. The van der Waals surface area contributed by atoms with Crippen LogP contribution in [0.4, 0.5) is 0 Å². The molecular formula is C13H24N2O2. The summed E-state index contributed by atoms with van der Waals surface area (Å²) < 4.78 is 5.39. The van der Waals surface area contributed by atoms with Crippen molar-refractivity contribution in [1.29, 1.82) is 0 Å². The van der Waals surface area contributed by atoms with Gasteiger partial charge in [0.05, 0.1) is 0 Å². The topological polar surface area (TPSA) is 50.4 Å². The number of carbonyl (C=O) groups is 1. The molecule has 2 heterocycles. The molecule has 98 valence electrons. The van der Waals surface area contributed by atoms with E-state index in [1.165, 1.54) is 12.8 Å². The number of hydrogen-bond donors (Lipinski definition) is 2. The van der Waals surface area contributed by atoms with Crippen LogP contribution in [0, 0.1) is 11.8 Å². The largest absolute Gasteiger partial charge is 0.381 e. The molecule has 4 nitrogen and oxygen atoms in total. The van der Waals surface area contributed by atoms with Gasteiger partial charge in [-0.25, -0.2) is 0 Å². The maximum atomic E-state index is 11.8. The molecule has 0 radical (unpaired) electrons. The third-order valence-corrected chi connectivity index (χ3v) is 3.78. The first kappa shape index (κ1) is 12.8. The summed E-state index contributed by atoms with van der Waals surface area (Å²) in [6, 6.07) is 0. The highest BCUT2D eigenvalue weighted by Gasteiger charge is 2.18. The minimum atomic E-state index is 0.207. The van der Waals surface area contributed by atoms with Crippen molar-refractivity contribution in [2.45, 2.75) is 32.1 Å². The highest BCUT2D eigenvalue weighted by atomic mass is 16.5. The number of ether oxygens (including phenoxy) is 1. The molecule has 0 aromatic carbocycles. The lowest BCUT2D eigenvalue weighted by Crippen LogP contribution is -2.37. The van der Waals surface area contributed by atoms with Gasteiger partial charge in [0.15, 0.2) is 0 Å². The van der Waals surface area contributed by atoms with Gasteiger partial charge < -0.3 is 15.4 Å². The van der Waals surface area contributed by atoms with E-state index in [1.54, 1.807) is 0 Å². The number of nitrogens with one attached hydrogen (secondary N) is 2. The highest BCUT2D eigenvalue weighted by molar-refractivity contribution is 5.76. The zero-order valence-corrected chi connectivity index (χ0v) is 10.5. The second kappa shape index (κ2) is 6.97. The average Bonchev–Trinajstić information content (AvgIpc) is 2.39. The van der Waals surface area contributed by atoms with E-state index in [4.69, 9.17) is 4.74 Å². The van der Waals surface area contributed by atoms with Gasteiger partial charge in [-0.3, -0.25) is 4.79 Å². The van der Waals surface area contributed by atoms with E-state index in [9.17, 15) is 4.79 Å². The molecule has 0 saturated carbocycles. The normalized spacial score (nSPS) is 26.7. The van der Waals surface area contributed by atoms with Crippen LogP contribution >= 0.6 is 0 Å². The number of carbonyl (C=O) groups excluding carboxylic acids is 1. The fourth-order valence-corrected chi connectivity index (χ4v) is 2.65. The SMILES string of the molecule is O=C(C[C@@H]1CCCOC1)NCC1CCNCC1. The minimum Gasteiger partial charge on any atom is -0.381 e. The van der Waals surface area contributed by atoms with E-state index in [0.717, 1.165) is 45.7 Å². The van der Waals surface area contributed by atoms with Gasteiger partial charge in [0.25, 0.3) is 0 Å². The van der Waals surface area contributed by atoms with Gasteiger partial charge in [0, 0.05) is 26.2 Å². The predicted molar refractivity (Wildman–Crippen MR) is 66.8 cm³/mol. The predicted octanol–water partition coefficient (Wildman–Crippen LogP) is 0.919. The standard InChI is InChI=1S/C13H24N2O2/c16-13(8-12-2-1-7-17-10-12)15-9-11-3-5-14-6-4-11/h11-12,14H,1-10H2,(H,15,16)/t12-/m0/s1. The lowest BCUT2D eigenvalue weighted by atomic mass is 9.96. The van der Waals surface area contributed by atoms with Crippen molar-refractivity contribution >= 4 is 5.91 Å². The van der Waals surface area contributed by atoms with Crippen LogP contribution in [0.25, 0.3) is 0 Å². The van der Waals surface area contributed by atoms with Crippen molar-refractivity contribution in [3.05, 3.63) is 0 Å². The molecule has 0 aromatic heterocycles. The lowest BCUT2D eigenvalue weighted by Gasteiger charge is -2.24. The Morgan fingerprint density at radius 2 is 2.06 bits per heavy atom. The number of rotatable bonds is 4. The van der Waals surface area contributed by atoms with Gasteiger partial charge in [0.1, 0.15) is 0 Å². The summed E-state index contributed by atoms with van der Waals surface area (Å²) in [5.41, 5.74) is 0. The Morgan fingerprint density at radius 1 is 1.24 bits per heavy atom. The molecule has 0 aromatic rings. The summed E-state index contributed by atoms with van der Waals surface area (Å²) in [7, 11) is 0. The first-order valence-electron chi connectivity index (χ1n) is 6.90. The summed E-state index contributed by atoms with van der Waals surface area (Å²) in [6.07, 6.45) is 5.26. The number of hydrogen-bond acceptors (Lipinski definition) is 3. The molecule has 0 unspecified atom stereocenters. The van der Waals surface area contributed by atoms with Gasteiger partial charge >= 0.3 is 0 Å². The van der Waals surface area contributed by atoms with E-state index in [2.05, 4.69) is 10.6 Å². The monoisotopic (exact) mass is 240 g/mol. The molecular weight excluding hydrogens is 216 g/mol. The van der Waals surface area contributed by atoms with E-state index in [-0.39, 0.29) is 5.91 Å². The number of piperidine rings is 1. The highest BCUT2D eigenvalue weighted by Crippen LogP contribution is 2.17. The van der Waals surface area contributed by atoms with Crippen molar-refractivity contribution < 1.29 is 9.53 Å². The average molecular weight is 240 g/mol. The van der Waals surface area contributed by atoms with E-state index < -0.39 is 0 Å². The van der Waals surface area contributed by atoms with Gasteiger partial charge in [-0.15, -0.1) is 0 Å². The molecule has 0 spiro atoms. The lowest BCUT2D eigenvalue weighted by molar-refractivity contribution is -0.123. The molecule has 0 bridgehead atoms. The number of amides is 1. The zero-order valence-electron chi connectivity index (χ0n) is 10.5. The Morgan fingerprint density at radius 3 is 2.76 bits per heavy atom. The molecule has 2 aliphatic rings. The molecule has 4 heteroatoms. The molecule has 0 aliphatic carbocycles. The van der Waals surface area contributed by atoms with Crippen molar-refractivity contribution in [3.63, 3.8) is 0 Å². The summed E-state index contributed by atoms with van der Waals surface area (Å²) >= 11 is 0. The quantitative estimate of drug-likeness (QED) is 0.768. The van der Waals surface area contributed by atoms with Crippen molar-refractivity contribution in [3.8, 4) is 0 Å². The fourth-order valence-electron chi connectivity index (χ4n) is 2.65. The second-order valence-electron chi connectivity index (χ2n) is 5.28. The van der Waals surface area contributed by atoms with Crippen LogP contribution in [0.15, 0.2) is 0 Å². The van der Waals surface area contributed by atoms with Crippen LogP contribution in [-0.2, 0) is 9.53 Å². The maximum Gasteiger partial charge on any atom is 0.220 e. The molecule has 17 heavy (non-hydrogen) atoms. The molecule has 1 atom stereocenters. The van der Waals surface area contributed by atoms with Crippen LogP contribution in [-0.4, -0.2) is 38.8 Å². The van der Waals surface area contributed by atoms with Gasteiger partial charge in [-0.05, 0) is 50.6 Å².